The minimum Gasteiger partial charge on any atom is -0.351 e. The van der Waals surface area contributed by atoms with Gasteiger partial charge >= 0.3 is 0 Å². The molecule has 0 radical (unpaired) electrons. The van der Waals surface area contributed by atoms with Gasteiger partial charge in [-0.2, -0.15) is 0 Å². The number of thiocarbonyl (C=S) groups is 1. The number of hydrogen-bond donors (Lipinski definition) is 3. The van der Waals surface area contributed by atoms with E-state index in [-0.39, 0.29) is 5.91 Å². The first-order valence-electron chi connectivity index (χ1n) is 7.45. The van der Waals surface area contributed by atoms with E-state index in [1.54, 1.807) is 6.07 Å². The predicted octanol–water partition coefficient (Wildman–Crippen LogP) is 3.77. The van der Waals surface area contributed by atoms with Crippen molar-refractivity contribution in [1.29, 1.82) is 0 Å². The molecule has 1 heterocycles. The van der Waals surface area contributed by atoms with E-state index in [0.717, 1.165) is 11.3 Å². The van der Waals surface area contributed by atoms with Crippen LogP contribution in [0.4, 0.5) is 5.69 Å². The third-order valence-electron chi connectivity index (χ3n) is 3.76. The standard InChI is InChI=1S/C18H16ClN3OS/c1-11-15(17(23)21-12-7-3-2-4-8-12)16(22-18(24)20-11)13-9-5-6-10-14(13)19/h2-10,16H,1H3,(H,21,23)(H2,20,22,24)/t16-/m1/s1. The van der Waals surface area contributed by atoms with E-state index in [1.165, 1.54) is 0 Å². The Bertz CT molecular complexity index is 820. The zero-order chi connectivity index (χ0) is 17.1. The fourth-order valence-corrected chi connectivity index (χ4v) is 3.17. The second-order valence-corrected chi connectivity index (χ2v) is 6.23. The van der Waals surface area contributed by atoms with Crippen LogP contribution in [0, 0.1) is 0 Å². The Morgan fingerprint density at radius 1 is 1.12 bits per heavy atom. The van der Waals surface area contributed by atoms with E-state index in [0.29, 0.717) is 21.4 Å². The van der Waals surface area contributed by atoms with Crippen molar-refractivity contribution in [3.8, 4) is 0 Å². The maximum absolute atomic E-state index is 12.8. The van der Waals surface area contributed by atoms with Gasteiger partial charge in [-0.15, -0.1) is 0 Å². The molecule has 3 rings (SSSR count). The predicted molar refractivity (Wildman–Crippen MR) is 101 cm³/mol. The molecule has 2 aromatic carbocycles. The van der Waals surface area contributed by atoms with E-state index in [2.05, 4.69) is 16.0 Å². The molecule has 4 nitrogen and oxygen atoms in total. The lowest BCUT2D eigenvalue weighted by Gasteiger charge is -2.30. The quantitative estimate of drug-likeness (QED) is 0.732. The van der Waals surface area contributed by atoms with Crippen LogP contribution in [0.25, 0.3) is 0 Å². The third kappa shape index (κ3) is 3.42. The van der Waals surface area contributed by atoms with Crippen molar-refractivity contribution < 1.29 is 4.79 Å². The summed E-state index contributed by atoms with van der Waals surface area (Å²) in [6.45, 7) is 1.83. The van der Waals surface area contributed by atoms with Crippen molar-refractivity contribution in [2.45, 2.75) is 13.0 Å². The summed E-state index contributed by atoms with van der Waals surface area (Å²) in [5.74, 6) is -0.203. The molecule has 0 fully saturated rings. The van der Waals surface area contributed by atoms with Crippen LogP contribution < -0.4 is 16.0 Å². The normalized spacial score (nSPS) is 17.1. The molecule has 1 amide bonds. The highest BCUT2D eigenvalue weighted by atomic mass is 35.5. The summed E-state index contributed by atoms with van der Waals surface area (Å²) in [5, 5.41) is 10.1. The van der Waals surface area contributed by atoms with Crippen molar-refractivity contribution in [2.24, 2.45) is 0 Å². The Morgan fingerprint density at radius 3 is 2.50 bits per heavy atom. The van der Waals surface area contributed by atoms with Crippen LogP contribution in [0.5, 0.6) is 0 Å². The van der Waals surface area contributed by atoms with Gasteiger partial charge < -0.3 is 16.0 Å². The van der Waals surface area contributed by atoms with Crippen LogP contribution in [0.2, 0.25) is 5.02 Å². The first-order chi connectivity index (χ1) is 11.6. The van der Waals surface area contributed by atoms with Crippen LogP contribution >= 0.6 is 23.8 Å². The molecule has 122 valence electrons. The Hall–Kier alpha value is -2.37. The monoisotopic (exact) mass is 357 g/mol. The van der Waals surface area contributed by atoms with E-state index in [4.69, 9.17) is 23.8 Å². The number of allylic oxidation sites excluding steroid dienone is 1. The Morgan fingerprint density at radius 2 is 1.79 bits per heavy atom. The minimum absolute atomic E-state index is 0.203. The molecule has 1 aliphatic rings. The topological polar surface area (TPSA) is 53.2 Å². The molecule has 0 unspecified atom stereocenters. The number of halogens is 1. The number of para-hydroxylation sites is 1. The van der Waals surface area contributed by atoms with Gasteiger partial charge in [-0.1, -0.05) is 48.0 Å². The second-order valence-electron chi connectivity index (χ2n) is 5.41. The number of rotatable bonds is 3. The number of nitrogens with one attached hydrogen (secondary N) is 3. The SMILES string of the molecule is CC1=C(C(=O)Nc2ccccc2)[C@@H](c2ccccc2Cl)NC(=S)N1. The summed E-state index contributed by atoms with van der Waals surface area (Å²) in [4.78, 5) is 12.8. The molecule has 0 saturated heterocycles. The summed E-state index contributed by atoms with van der Waals surface area (Å²) in [6, 6.07) is 16.3. The van der Waals surface area contributed by atoms with Gasteiger partial charge in [0.2, 0.25) is 0 Å². The second kappa shape index (κ2) is 7.03. The first-order valence-corrected chi connectivity index (χ1v) is 8.24. The van der Waals surface area contributed by atoms with Gasteiger partial charge in [-0.3, -0.25) is 4.79 Å². The molecule has 0 saturated carbocycles. The van der Waals surface area contributed by atoms with Gasteiger partial charge in [0.05, 0.1) is 11.6 Å². The van der Waals surface area contributed by atoms with E-state index in [9.17, 15) is 4.79 Å². The molecular weight excluding hydrogens is 342 g/mol. The zero-order valence-corrected chi connectivity index (χ0v) is 14.5. The van der Waals surface area contributed by atoms with Crippen LogP contribution in [0.1, 0.15) is 18.5 Å². The number of benzene rings is 2. The highest BCUT2D eigenvalue weighted by molar-refractivity contribution is 7.80. The average Bonchev–Trinajstić information content (AvgIpc) is 2.55. The highest BCUT2D eigenvalue weighted by Gasteiger charge is 2.31. The lowest BCUT2D eigenvalue weighted by atomic mass is 9.95. The molecule has 0 bridgehead atoms. The lowest BCUT2D eigenvalue weighted by molar-refractivity contribution is -0.113. The number of carbonyl (C=O) groups is 1. The van der Waals surface area contributed by atoms with Crippen molar-refractivity contribution in [1.82, 2.24) is 10.6 Å². The maximum Gasteiger partial charge on any atom is 0.255 e. The van der Waals surface area contributed by atoms with Gasteiger partial charge in [0.25, 0.3) is 5.91 Å². The largest absolute Gasteiger partial charge is 0.351 e. The summed E-state index contributed by atoms with van der Waals surface area (Å²) >= 11 is 11.6. The van der Waals surface area contributed by atoms with Gasteiger partial charge in [-0.25, -0.2) is 0 Å². The first kappa shape index (κ1) is 16.5. The summed E-state index contributed by atoms with van der Waals surface area (Å²) < 4.78 is 0. The molecule has 0 spiro atoms. The van der Waals surface area contributed by atoms with Crippen molar-refractivity contribution in [3.63, 3.8) is 0 Å². The van der Waals surface area contributed by atoms with E-state index < -0.39 is 6.04 Å². The molecule has 0 aliphatic carbocycles. The van der Waals surface area contributed by atoms with Crippen LogP contribution in [-0.4, -0.2) is 11.0 Å². The molecule has 1 aliphatic heterocycles. The van der Waals surface area contributed by atoms with Gasteiger partial charge in [-0.05, 0) is 42.9 Å². The molecule has 2 aromatic rings. The lowest BCUT2D eigenvalue weighted by Crippen LogP contribution is -2.45. The van der Waals surface area contributed by atoms with Crippen LogP contribution in [0.15, 0.2) is 65.9 Å². The molecular formula is C18H16ClN3OS. The third-order valence-corrected chi connectivity index (χ3v) is 4.33. The maximum atomic E-state index is 12.8. The minimum atomic E-state index is -0.406. The van der Waals surface area contributed by atoms with Gasteiger partial charge in [0.15, 0.2) is 5.11 Å². The number of amides is 1. The van der Waals surface area contributed by atoms with Crippen LogP contribution in [-0.2, 0) is 4.79 Å². The van der Waals surface area contributed by atoms with E-state index >= 15 is 0 Å². The Labute approximate surface area is 150 Å². The average molecular weight is 358 g/mol. The molecule has 3 N–H and O–H groups in total. The molecule has 24 heavy (non-hydrogen) atoms. The fraction of sp³-hybridized carbons (Fsp3) is 0.111. The Kier molecular flexibility index (Phi) is 4.83. The summed E-state index contributed by atoms with van der Waals surface area (Å²) in [5.41, 5.74) is 2.80. The zero-order valence-electron chi connectivity index (χ0n) is 13.0. The van der Waals surface area contributed by atoms with Crippen molar-refractivity contribution in [2.75, 3.05) is 5.32 Å². The highest BCUT2D eigenvalue weighted by Crippen LogP contribution is 2.32. The molecule has 0 aromatic heterocycles. The van der Waals surface area contributed by atoms with Gasteiger partial charge in [0, 0.05) is 16.4 Å². The Balaban J connectivity index is 1.98. The molecule has 6 heteroatoms. The van der Waals surface area contributed by atoms with Crippen molar-refractivity contribution >= 4 is 40.5 Å². The number of carbonyl (C=O) groups excluding carboxylic acids is 1. The summed E-state index contributed by atoms with van der Waals surface area (Å²) in [6.07, 6.45) is 0. The van der Waals surface area contributed by atoms with Crippen LogP contribution in [0.3, 0.4) is 0 Å². The fourth-order valence-electron chi connectivity index (χ4n) is 2.66. The number of anilines is 1. The number of hydrogen-bond acceptors (Lipinski definition) is 2. The summed E-state index contributed by atoms with van der Waals surface area (Å²) in [7, 11) is 0. The smallest absolute Gasteiger partial charge is 0.255 e. The molecule has 1 atom stereocenters. The van der Waals surface area contributed by atoms with Gasteiger partial charge in [0.1, 0.15) is 0 Å². The van der Waals surface area contributed by atoms with Crippen molar-refractivity contribution in [3.05, 3.63) is 76.5 Å². The van der Waals surface area contributed by atoms with E-state index in [1.807, 2.05) is 55.5 Å².